The molecule has 112 valence electrons. The topological polar surface area (TPSA) is 28.2 Å². The van der Waals surface area contributed by atoms with E-state index in [0.717, 1.165) is 19.0 Å². The van der Waals surface area contributed by atoms with Gasteiger partial charge in [-0.25, -0.2) is 0 Å². The third-order valence-corrected chi connectivity index (χ3v) is 4.37. The summed E-state index contributed by atoms with van der Waals surface area (Å²) in [7, 11) is 0. The van der Waals surface area contributed by atoms with Crippen molar-refractivity contribution < 1.29 is 0 Å². The van der Waals surface area contributed by atoms with Gasteiger partial charge in [0.1, 0.15) is 0 Å². The fourth-order valence-electron chi connectivity index (χ4n) is 2.87. The summed E-state index contributed by atoms with van der Waals surface area (Å²) in [5.41, 5.74) is 2.80. The fourth-order valence-corrected chi connectivity index (χ4v) is 2.87. The second-order valence-electron chi connectivity index (χ2n) is 7.16. The maximum Gasteiger partial charge on any atom is 0.0445 e. The molecule has 2 heterocycles. The highest BCUT2D eigenvalue weighted by molar-refractivity contribution is 5.53. The van der Waals surface area contributed by atoms with Gasteiger partial charge in [0, 0.05) is 48.3 Å². The Morgan fingerprint density at radius 2 is 2.10 bits per heavy atom. The molecule has 2 atom stereocenters. The largest absolute Gasteiger partial charge is 0.368 e. The lowest BCUT2D eigenvalue weighted by Crippen LogP contribution is -2.43. The highest BCUT2D eigenvalue weighted by Crippen LogP contribution is 2.30. The van der Waals surface area contributed by atoms with E-state index in [1.807, 2.05) is 12.4 Å². The van der Waals surface area contributed by atoms with Crippen molar-refractivity contribution >= 4 is 5.69 Å². The number of hydrogen-bond donors (Lipinski definition) is 1. The van der Waals surface area contributed by atoms with Crippen LogP contribution in [-0.4, -0.2) is 23.1 Å². The van der Waals surface area contributed by atoms with E-state index in [2.05, 4.69) is 55.9 Å². The average molecular weight is 275 g/mol. The smallest absolute Gasteiger partial charge is 0.0445 e. The molecule has 1 aromatic heterocycles. The van der Waals surface area contributed by atoms with Crippen molar-refractivity contribution in [3.63, 3.8) is 0 Å². The van der Waals surface area contributed by atoms with E-state index in [1.54, 1.807) is 0 Å². The van der Waals surface area contributed by atoms with Crippen LogP contribution in [0.15, 0.2) is 18.5 Å². The van der Waals surface area contributed by atoms with Crippen LogP contribution in [0.3, 0.4) is 0 Å². The molecule has 20 heavy (non-hydrogen) atoms. The third-order valence-electron chi connectivity index (χ3n) is 4.37. The van der Waals surface area contributed by atoms with Crippen LogP contribution >= 0.6 is 0 Å². The van der Waals surface area contributed by atoms with Crippen molar-refractivity contribution in [2.45, 2.75) is 65.6 Å². The first-order valence-electron chi connectivity index (χ1n) is 7.83. The second-order valence-corrected chi connectivity index (χ2v) is 7.16. The molecule has 0 aromatic carbocycles. The number of piperidine rings is 1. The third kappa shape index (κ3) is 3.72. The molecule has 2 rings (SSSR count). The Hall–Kier alpha value is -1.09. The maximum absolute atomic E-state index is 4.32. The minimum Gasteiger partial charge on any atom is -0.368 e. The highest BCUT2D eigenvalue weighted by Gasteiger charge is 2.26. The van der Waals surface area contributed by atoms with Gasteiger partial charge in [-0.05, 0) is 52.5 Å². The monoisotopic (exact) mass is 275 g/mol. The Bertz CT molecular complexity index is 436. The summed E-state index contributed by atoms with van der Waals surface area (Å²) in [6.07, 6.45) is 6.57. The van der Waals surface area contributed by atoms with Crippen LogP contribution in [0.25, 0.3) is 0 Å². The summed E-state index contributed by atoms with van der Waals surface area (Å²) in [4.78, 5) is 6.88. The average Bonchev–Trinajstić information content (AvgIpc) is 2.39. The zero-order valence-electron chi connectivity index (χ0n) is 13.6. The van der Waals surface area contributed by atoms with Gasteiger partial charge in [0.25, 0.3) is 0 Å². The predicted molar refractivity (Wildman–Crippen MR) is 86.0 cm³/mol. The maximum atomic E-state index is 4.32. The molecule has 3 nitrogen and oxygen atoms in total. The van der Waals surface area contributed by atoms with E-state index in [-0.39, 0.29) is 5.54 Å². The number of nitrogens with zero attached hydrogens (tertiary/aromatic N) is 2. The van der Waals surface area contributed by atoms with E-state index in [4.69, 9.17) is 0 Å². The Labute approximate surface area is 123 Å². The molecule has 1 aliphatic rings. The quantitative estimate of drug-likeness (QED) is 0.913. The summed E-state index contributed by atoms with van der Waals surface area (Å²) in [6.45, 7) is 13.4. The standard InChI is InChI=1S/C17H29N3/c1-13-7-6-10-20(14(13)2)16-8-9-18-11-15(16)12-19-17(3,4)5/h8-9,11,13-14,19H,6-7,10,12H2,1-5H3. The molecule has 1 N–H and O–H groups in total. The van der Waals surface area contributed by atoms with E-state index in [0.29, 0.717) is 6.04 Å². The molecular weight excluding hydrogens is 246 g/mol. The number of anilines is 1. The van der Waals surface area contributed by atoms with Crippen LogP contribution in [0.1, 0.15) is 53.0 Å². The van der Waals surface area contributed by atoms with Crippen LogP contribution in [0.4, 0.5) is 5.69 Å². The normalized spacial score (nSPS) is 23.9. The summed E-state index contributed by atoms with van der Waals surface area (Å²) in [5.74, 6) is 0.764. The molecule has 0 bridgehead atoms. The number of aromatic nitrogens is 1. The van der Waals surface area contributed by atoms with Crippen LogP contribution in [0, 0.1) is 5.92 Å². The first-order valence-corrected chi connectivity index (χ1v) is 7.83. The molecule has 2 unspecified atom stereocenters. The molecule has 3 heteroatoms. The zero-order chi connectivity index (χ0) is 14.8. The second kappa shape index (κ2) is 6.13. The fraction of sp³-hybridized carbons (Fsp3) is 0.706. The van der Waals surface area contributed by atoms with Gasteiger partial charge in [0.05, 0.1) is 0 Å². The summed E-state index contributed by atoms with van der Waals surface area (Å²) in [5, 5.41) is 3.58. The van der Waals surface area contributed by atoms with E-state index < -0.39 is 0 Å². The lowest BCUT2D eigenvalue weighted by Gasteiger charge is -2.40. The van der Waals surface area contributed by atoms with Crippen molar-refractivity contribution in [1.82, 2.24) is 10.3 Å². The first kappa shape index (κ1) is 15.3. The predicted octanol–water partition coefficient (Wildman–Crippen LogP) is 3.59. The Balaban J connectivity index is 2.18. The number of nitrogens with one attached hydrogen (secondary N) is 1. The molecule has 1 saturated heterocycles. The van der Waals surface area contributed by atoms with Crippen LogP contribution in [-0.2, 0) is 6.54 Å². The minimum absolute atomic E-state index is 0.133. The first-order chi connectivity index (χ1) is 9.38. The van der Waals surface area contributed by atoms with Gasteiger partial charge in [-0.1, -0.05) is 6.92 Å². The van der Waals surface area contributed by atoms with Crippen molar-refractivity contribution in [1.29, 1.82) is 0 Å². The molecule has 0 aliphatic carbocycles. The van der Waals surface area contributed by atoms with Crippen LogP contribution in [0.2, 0.25) is 0 Å². The van der Waals surface area contributed by atoms with Gasteiger partial charge < -0.3 is 10.2 Å². The summed E-state index contributed by atoms with van der Waals surface area (Å²) in [6, 6.07) is 2.79. The van der Waals surface area contributed by atoms with Crippen molar-refractivity contribution in [3.8, 4) is 0 Å². The molecular formula is C17H29N3. The van der Waals surface area contributed by atoms with Gasteiger partial charge in [-0.2, -0.15) is 0 Å². The summed E-state index contributed by atoms with van der Waals surface area (Å²) < 4.78 is 0. The Kier molecular flexibility index (Phi) is 4.69. The van der Waals surface area contributed by atoms with Crippen molar-refractivity contribution in [2.24, 2.45) is 5.92 Å². The number of rotatable bonds is 3. The van der Waals surface area contributed by atoms with Gasteiger partial charge in [0.15, 0.2) is 0 Å². The zero-order valence-corrected chi connectivity index (χ0v) is 13.6. The molecule has 0 spiro atoms. The summed E-state index contributed by atoms with van der Waals surface area (Å²) >= 11 is 0. The molecule has 1 aromatic rings. The van der Waals surface area contributed by atoms with Gasteiger partial charge in [-0.15, -0.1) is 0 Å². The van der Waals surface area contributed by atoms with Crippen molar-refractivity contribution in [3.05, 3.63) is 24.0 Å². The lowest BCUT2D eigenvalue weighted by atomic mass is 9.91. The molecule has 1 fully saturated rings. The highest BCUT2D eigenvalue weighted by atomic mass is 15.2. The van der Waals surface area contributed by atoms with E-state index >= 15 is 0 Å². The molecule has 0 amide bonds. The van der Waals surface area contributed by atoms with E-state index in [9.17, 15) is 0 Å². The van der Waals surface area contributed by atoms with E-state index in [1.165, 1.54) is 24.1 Å². The lowest BCUT2D eigenvalue weighted by molar-refractivity contribution is 0.362. The molecule has 0 radical (unpaired) electrons. The Morgan fingerprint density at radius 3 is 2.80 bits per heavy atom. The van der Waals surface area contributed by atoms with Gasteiger partial charge in [-0.3, -0.25) is 4.98 Å². The van der Waals surface area contributed by atoms with Crippen molar-refractivity contribution in [2.75, 3.05) is 11.4 Å². The number of pyridine rings is 1. The van der Waals surface area contributed by atoms with Gasteiger partial charge in [0.2, 0.25) is 0 Å². The molecule has 1 aliphatic heterocycles. The number of hydrogen-bond acceptors (Lipinski definition) is 3. The SMILES string of the molecule is CC1CCCN(c2ccncc2CNC(C)(C)C)C1C. The van der Waals surface area contributed by atoms with Gasteiger partial charge >= 0.3 is 0 Å². The molecule has 0 saturated carbocycles. The Morgan fingerprint density at radius 1 is 1.35 bits per heavy atom. The van der Waals surface area contributed by atoms with Crippen LogP contribution < -0.4 is 10.2 Å². The van der Waals surface area contributed by atoms with Crippen LogP contribution in [0.5, 0.6) is 0 Å². The minimum atomic E-state index is 0.133.